The molecule has 50 heavy (non-hydrogen) atoms. The van der Waals surface area contributed by atoms with Gasteiger partial charge in [0.15, 0.2) is 11.5 Å². The topological polar surface area (TPSA) is 106 Å². The lowest BCUT2D eigenvalue weighted by molar-refractivity contribution is -0.148. The summed E-state index contributed by atoms with van der Waals surface area (Å²) in [6.07, 6.45) is 7.62. The Morgan fingerprint density at radius 3 is 2.02 bits per heavy atom. The van der Waals surface area contributed by atoms with Gasteiger partial charge in [-0.05, 0) is 65.7 Å². The molecule has 2 N–H and O–H groups in total. The number of benzene rings is 3. The molecule has 0 saturated heterocycles. The molecule has 3 aliphatic carbocycles. The third-order valence-corrected chi connectivity index (χ3v) is 11.8. The van der Waals surface area contributed by atoms with Crippen LogP contribution in [0, 0.1) is 17.8 Å². The van der Waals surface area contributed by atoms with Crippen LogP contribution in [0.3, 0.4) is 0 Å². The number of anilines is 1. The predicted molar refractivity (Wildman–Crippen MR) is 198 cm³/mol. The minimum atomic E-state index is -0.854. The van der Waals surface area contributed by atoms with Crippen LogP contribution in [0.15, 0.2) is 115 Å². The highest BCUT2D eigenvalue weighted by Gasteiger charge is 2.48. The molecule has 3 aromatic carbocycles. The van der Waals surface area contributed by atoms with Gasteiger partial charge in [0, 0.05) is 12.2 Å². The van der Waals surface area contributed by atoms with E-state index < -0.39 is 17.4 Å². The van der Waals surface area contributed by atoms with Crippen molar-refractivity contribution in [2.75, 3.05) is 5.32 Å². The lowest BCUT2D eigenvalue weighted by Crippen LogP contribution is -2.51. The minimum Gasteiger partial charge on any atom is -0.481 e. The number of aromatic nitrogens is 5. The summed E-state index contributed by atoms with van der Waals surface area (Å²) in [7, 11) is 0. The van der Waals surface area contributed by atoms with Crippen LogP contribution in [0.2, 0.25) is 5.15 Å². The zero-order valence-electron chi connectivity index (χ0n) is 27.0. The van der Waals surface area contributed by atoms with Crippen molar-refractivity contribution in [3.05, 3.63) is 137 Å². The van der Waals surface area contributed by atoms with Crippen molar-refractivity contribution in [1.82, 2.24) is 24.5 Å². The number of aliphatic carboxylic acids is 1. The molecule has 4 aromatic heterocycles. The molecule has 3 aliphatic rings. The molecule has 8 nitrogen and oxygen atoms in total. The number of thiophene rings is 1. The molecule has 2 unspecified atom stereocenters. The number of carboxylic acid groups (broad SMARTS) is 1. The van der Waals surface area contributed by atoms with Gasteiger partial charge in [-0.3, -0.25) is 4.79 Å². The lowest BCUT2D eigenvalue weighted by Gasteiger charge is -2.47. The van der Waals surface area contributed by atoms with E-state index in [1.807, 2.05) is 29.6 Å². The number of nitrogens with zero attached hydrogens (tertiary/aromatic N) is 5. The van der Waals surface area contributed by atoms with Crippen molar-refractivity contribution in [3.63, 3.8) is 0 Å². The smallest absolute Gasteiger partial charge is 0.308 e. The van der Waals surface area contributed by atoms with Crippen molar-refractivity contribution in [2.24, 2.45) is 17.8 Å². The van der Waals surface area contributed by atoms with Gasteiger partial charge >= 0.3 is 5.97 Å². The number of carboxylic acids is 1. The van der Waals surface area contributed by atoms with Gasteiger partial charge in [0.05, 0.1) is 23.1 Å². The molecule has 3 saturated carbocycles. The van der Waals surface area contributed by atoms with Crippen LogP contribution in [0.5, 0.6) is 0 Å². The fourth-order valence-electron chi connectivity index (χ4n) is 8.60. The van der Waals surface area contributed by atoms with Crippen LogP contribution in [0.1, 0.15) is 42.4 Å². The van der Waals surface area contributed by atoms with E-state index in [9.17, 15) is 9.90 Å². The number of hydrogen-bond acceptors (Lipinski definition) is 7. The van der Waals surface area contributed by atoms with Gasteiger partial charge in [0.25, 0.3) is 0 Å². The Bertz CT molecular complexity index is 2240. The van der Waals surface area contributed by atoms with Crippen LogP contribution >= 0.6 is 22.9 Å². The molecule has 2 atom stereocenters. The summed E-state index contributed by atoms with van der Waals surface area (Å²) in [6, 6.07) is 33.0. The third kappa shape index (κ3) is 4.90. The first-order valence-corrected chi connectivity index (χ1v) is 18.2. The molecular formula is C40H33ClN6O2S. The fourth-order valence-corrected chi connectivity index (χ4v) is 9.50. The highest BCUT2D eigenvalue weighted by Crippen LogP contribution is 2.48. The SMILES string of the molecule is O=C(O)C1C2CCC(CC2)C1Nc1nc(-c2cn(C(c3ccccc3)(c3ccccc3)c3ccccc3)c3ncc(Cl)nc23)nc2sccc12. The Hall–Kier alpha value is -5.12. The average Bonchev–Trinajstić information content (AvgIpc) is 3.79. The molecule has 2 bridgehead atoms. The second-order valence-electron chi connectivity index (χ2n) is 13.3. The lowest BCUT2D eigenvalue weighted by atomic mass is 9.61. The Morgan fingerprint density at radius 1 is 0.820 bits per heavy atom. The molecule has 248 valence electrons. The second-order valence-corrected chi connectivity index (χ2v) is 14.6. The molecule has 0 radical (unpaired) electrons. The van der Waals surface area contributed by atoms with Gasteiger partial charge in [0.2, 0.25) is 0 Å². The summed E-state index contributed by atoms with van der Waals surface area (Å²) in [5.74, 6) is 0.379. The van der Waals surface area contributed by atoms with Crippen molar-refractivity contribution < 1.29 is 9.90 Å². The van der Waals surface area contributed by atoms with E-state index in [1.54, 1.807) is 6.20 Å². The summed E-state index contributed by atoms with van der Waals surface area (Å²) >= 11 is 8.11. The first kappa shape index (κ1) is 30.9. The zero-order chi connectivity index (χ0) is 33.8. The van der Waals surface area contributed by atoms with Gasteiger partial charge < -0.3 is 15.0 Å². The maximum atomic E-state index is 12.6. The largest absolute Gasteiger partial charge is 0.481 e. The monoisotopic (exact) mass is 696 g/mol. The molecular weight excluding hydrogens is 664 g/mol. The van der Waals surface area contributed by atoms with Crippen LogP contribution in [-0.4, -0.2) is 41.6 Å². The van der Waals surface area contributed by atoms with E-state index in [0.29, 0.717) is 28.4 Å². The number of halogens is 1. The molecule has 10 heteroatoms. The molecule has 0 aliphatic heterocycles. The Kier molecular flexibility index (Phi) is 7.62. The van der Waals surface area contributed by atoms with E-state index in [2.05, 4.69) is 88.9 Å². The number of hydrogen-bond donors (Lipinski definition) is 2. The first-order valence-electron chi connectivity index (χ1n) is 17.0. The molecule has 0 spiro atoms. The van der Waals surface area contributed by atoms with Gasteiger partial charge in [-0.1, -0.05) is 103 Å². The van der Waals surface area contributed by atoms with Crippen LogP contribution in [0.4, 0.5) is 5.82 Å². The maximum absolute atomic E-state index is 12.6. The third-order valence-electron chi connectivity index (χ3n) is 10.8. The molecule has 7 aromatic rings. The summed E-state index contributed by atoms with van der Waals surface area (Å²) in [5, 5.41) is 17.1. The van der Waals surface area contributed by atoms with Crippen LogP contribution in [-0.2, 0) is 10.3 Å². The standard InChI is InChI=1S/C40H33ClN6O2S/c41-31-22-42-37-34(43-31)30(23-47(37)40(26-10-4-1-5-11-26,27-12-6-2-7-13-27)28-14-8-3-9-15-28)36-45-35(29-20-21-50-38(29)46-36)44-33-25-18-16-24(17-19-25)32(33)39(48)49/h1-15,20-25,32-33H,16-19H2,(H,48,49)(H,44,45,46). The first-order chi connectivity index (χ1) is 24.5. The highest BCUT2D eigenvalue weighted by molar-refractivity contribution is 7.16. The van der Waals surface area contributed by atoms with Gasteiger partial charge in [-0.2, -0.15) is 0 Å². The van der Waals surface area contributed by atoms with Gasteiger partial charge in [0.1, 0.15) is 26.9 Å². The normalized spacial score (nSPS) is 20.3. The van der Waals surface area contributed by atoms with E-state index in [1.165, 1.54) is 11.3 Å². The molecule has 10 rings (SSSR count). The van der Waals surface area contributed by atoms with E-state index in [-0.39, 0.29) is 23.0 Å². The van der Waals surface area contributed by atoms with E-state index >= 15 is 0 Å². The second kappa shape index (κ2) is 12.3. The number of carbonyl (C=O) groups is 1. The van der Waals surface area contributed by atoms with Crippen LogP contribution < -0.4 is 5.32 Å². The van der Waals surface area contributed by atoms with Crippen molar-refractivity contribution in [2.45, 2.75) is 37.3 Å². The van der Waals surface area contributed by atoms with Gasteiger partial charge in [-0.15, -0.1) is 11.3 Å². The fraction of sp³-hybridized carbons (Fsp3) is 0.225. The molecule has 4 heterocycles. The summed E-state index contributed by atoms with van der Waals surface area (Å²) in [4.78, 5) is 33.4. The van der Waals surface area contributed by atoms with Crippen LogP contribution in [0.25, 0.3) is 32.8 Å². The summed E-state index contributed by atoms with van der Waals surface area (Å²) < 4.78 is 2.18. The molecule has 3 fully saturated rings. The van der Waals surface area contributed by atoms with E-state index in [0.717, 1.165) is 52.6 Å². The average molecular weight is 697 g/mol. The quantitative estimate of drug-likeness (QED) is 0.153. The molecule has 0 amide bonds. The Balaban J connectivity index is 1.29. The van der Waals surface area contributed by atoms with Crippen molar-refractivity contribution in [1.29, 1.82) is 0 Å². The van der Waals surface area contributed by atoms with E-state index in [4.69, 9.17) is 31.5 Å². The highest BCUT2D eigenvalue weighted by atomic mass is 35.5. The maximum Gasteiger partial charge on any atom is 0.308 e. The summed E-state index contributed by atoms with van der Waals surface area (Å²) in [5.41, 5.74) is 4.16. The van der Waals surface area contributed by atoms with Crippen molar-refractivity contribution in [3.8, 4) is 11.4 Å². The zero-order valence-corrected chi connectivity index (χ0v) is 28.6. The van der Waals surface area contributed by atoms with Gasteiger partial charge in [-0.25, -0.2) is 19.9 Å². The Morgan fingerprint density at radius 2 is 1.42 bits per heavy atom. The minimum absolute atomic E-state index is 0.173. The Labute approximate surface area is 297 Å². The number of nitrogens with one attached hydrogen (secondary N) is 1. The predicted octanol–water partition coefficient (Wildman–Crippen LogP) is 8.90. The van der Waals surface area contributed by atoms with Crippen molar-refractivity contribution >= 4 is 56.1 Å². The summed E-state index contributed by atoms with van der Waals surface area (Å²) in [6.45, 7) is 0. The number of rotatable bonds is 8. The number of fused-ring (bicyclic) bond motifs is 5.